The smallest absolute Gasteiger partial charge is 0.198 e. The van der Waals surface area contributed by atoms with Gasteiger partial charge in [-0.25, -0.2) is 0 Å². The molecule has 2 aliphatic heterocycles. The minimum Gasteiger partial charge on any atom is -0.454 e. The Balaban J connectivity index is 1.19. The number of benzene rings is 7. The highest BCUT2D eigenvalue weighted by Crippen LogP contribution is 2.62. The van der Waals surface area contributed by atoms with E-state index in [4.69, 9.17) is 4.42 Å². The Morgan fingerprint density at radius 3 is 2.14 bits per heavy atom. The standard InChI is InChI=1S/C52H46BN2O/c1-50(2,3)36-29-42-47-43(30-36)53-46-40(31-41-38-19-11-12-20-45(38)56-49(41)48(46)55(47)52(5)26-14-13-25-51(42,52)4)39-27-34-17-9-10-18-35(34)28-44(39)54-37-23-21-33(22-24-37)32-15-7-6-8-16-32/h6-12,15-24,27-31,54H,13-14,25-26H2,1-5H3. The topological polar surface area (TPSA) is 28.4 Å². The molecule has 0 spiro atoms. The van der Waals surface area contributed by atoms with E-state index in [1.54, 1.807) is 0 Å². The molecule has 2 atom stereocenters. The fourth-order valence-electron chi connectivity index (χ4n) is 10.5. The van der Waals surface area contributed by atoms with Crippen LogP contribution < -0.4 is 21.1 Å². The molecule has 3 heterocycles. The van der Waals surface area contributed by atoms with Crippen LogP contribution in [0.1, 0.15) is 71.4 Å². The van der Waals surface area contributed by atoms with Gasteiger partial charge in [0.2, 0.25) is 0 Å². The minimum absolute atomic E-state index is 0.00195. The maximum Gasteiger partial charge on any atom is 0.198 e. The fraction of sp³-hybridized carbons (Fsp3) is 0.231. The minimum atomic E-state index is -0.114. The van der Waals surface area contributed by atoms with E-state index < -0.39 is 0 Å². The summed E-state index contributed by atoms with van der Waals surface area (Å²) in [6.07, 6.45) is 4.79. The summed E-state index contributed by atoms with van der Waals surface area (Å²) in [5.74, 6) is 0. The Labute approximate surface area is 330 Å². The molecule has 2 unspecified atom stereocenters. The number of rotatable bonds is 4. The molecule has 0 amide bonds. The quantitative estimate of drug-likeness (QED) is 0.183. The van der Waals surface area contributed by atoms with Crippen LogP contribution in [0.15, 0.2) is 138 Å². The highest BCUT2D eigenvalue weighted by molar-refractivity contribution is 6.74. The van der Waals surface area contributed by atoms with E-state index in [0.717, 1.165) is 34.3 Å². The van der Waals surface area contributed by atoms with E-state index in [9.17, 15) is 0 Å². The third-order valence-corrected chi connectivity index (χ3v) is 13.7. The average molecular weight is 726 g/mol. The van der Waals surface area contributed by atoms with Crippen molar-refractivity contribution in [3.63, 3.8) is 0 Å². The van der Waals surface area contributed by atoms with E-state index >= 15 is 0 Å². The van der Waals surface area contributed by atoms with Crippen LogP contribution >= 0.6 is 0 Å². The van der Waals surface area contributed by atoms with Crippen LogP contribution in [0.4, 0.5) is 22.7 Å². The molecule has 8 aromatic rings. The molecule has 7 aromatic carbocycles. The van der Waals surface area contributed by atoms with Gasteiger partial charge in [-0.05, 0) is 106 Å². The lowest BCUT2D eigenvalue weighted by Gasteiger charge is -2.51. The fourth-order valence-corrected chi connectivity index (χ4v) is 10.5. The Morgan fingerprint density at radius 1 is 0.661 bits per heavy atom. The maximum absolute atomic E-state index is 7.01. The van der Waals surface area contributed by atoms with Gasteiger partial charge < -0.3 is 14.6 Å². The molecule has 1 radical (unpaired) electrons. The van der Waals surface area contributed by atoms with Gasteiger partial charge in [0.25, 0.3) is 0 Å². The first-order valence-electron chi connectivity index (χ1n) is 20.4. The zero-order valence-electron chi connectivity index (χ0n) is 33.0. The van der Waals surface area contributed by atoms with E-state index in [2.05, 4.69) is 186 Å². The predicted octanol–water partition coefficient (Wildman–Crippen LogP) is 12.8. The number of para-hydroxylation sites is 1. The molecule has 4 heteroatoms. The normalized spacial score (nSPS) is 19.8. The molecular formula is C52H46BN2O. The number of anilines is 4. The van der Waals surface area contributed by atoms with Crippen LogP contribution in [0.2, 0.25) is 0 Å². The molecule has 0 bridgehead atoms. The molecule has 273 valence electrons. The first-order valence-corrected chi connectivity index (χ1v) is 20.4. The molecule has 3 aliphatic rings. The second kappa shape index (κ2) is 11.9. The maximum atomic E-state index is 7.01. The van der Waals surface area contributed by atoms with Crippen molar-refractivity contribution in [2.24, 2.45) is 0 Å². The third kappa shape index (κ3) is 4.78. The van der Waals surface area contributed by atoms with E-state index in [-0.39, 0.29) is 16.4 Å². The van der Waals surface area contributed by atoms with Crippen molar-refractivity contribution < 1.29 is 4.42 Å². The van der Waals surface area contributed by atoms with Gasteiger partial charge in [0.15, 0.2) is 12.9 Å². The summed E-state index contributed by atoms with van der Waals surface area (Å²) in [6, 6.07) is 49.0. The van der Waals surface area contributed by atoms with Crippen molar-refractivity contribution in [1.29, 1.82) is 0 Å². The average Bonchev–Trinajstić information content (AvgIpc) is 3.68. The summed E-state index contributed by atoms with van der Waals surface area (Å²) >= 11 is 0. The highest BCUT2D eigenvalue weighted by atomic mass is 16.3. The lowest BCUT2D eigenvalue weighted by atomic mass is 9.57. The first-order chi connectivity index (χ1) is 27.1. The SMILES string of the molecule is CC(C)(C)c1cc2c3c(c1)C1(C)CCCCC1(C)N3c1c(c(-c3cc4ccccc4cc3Nc3ccc(-c4ccccc4)cc3)cc3c1oc1ccccc13)[B]2. The molecular weight excluding hydrogens is 679 g/mol. The Hall–Kier alpha value is -5.74. The molecule has 1 N–H and O–H groups in total. The number of nitrogens with zero attached hydrogens (tertiary/aromatic N) is 1. The van der Waals surface area contributed by atoms with Crippen molar-refractivity contribution >= 4 is 73.7 Å². The van der Waals surface area contributed by atoms with Crippen molar-refractivity contribution in [1.82, 2.24) is 0 Å². The van der Waals surface area contributed by atoms with Crippen LogP contribution in [0.3, 0.4) is 0 Å². The van der Waals surface area contributed by atoms with Gasteiger partial charge >= 0.3 is 0 Å². The van der Waals surface area contributed by atoms with E-state index in [0.29, 0.717) is 0 Å². The predicted molar refractivity (Wildman–Crippen MR) is 238 cm³/mol. The molecule has 1 aliphatic carbocycles. The van der Waals surface area contributed by atoms with Gasteiger partial charge in [0.05, 0.1) is 11.2 Å². The summed E-state index contributed by atoms with van der Waals surface area (Å²) < 4.78 is 7.01. The van der Waals surface area contributed by atoms with Crippen molar-refractivity contribution in [3.8, 4) is 22.3 Å². The largest absolute Gasteiger partial charge is 0.454 e. The van der Waals surface area contributed by atoms with Crippen molar-refractivity contribution in [3.05, 3.63) is 145 Å². The Kier molecular flexibility index (Phi) is 7.13. The number of furan rings is 1. The van der Waals surface area contributed by atoms with Gasteiger partial charge in [-0.3, -0.25) is 0 Å². The van der Waals surface area contributed by atoms with Gasteiger partial charge in [0.1, 0.15) is 5.58 Å². The molecule has 3 nitrogen and oxygen atoms in total. The molecule has 56 heavy (non-hydrogen) atoms. The van der Waals surface area contributed by atoms with Crippen LogP contribution in [0.25, 0.3) is 55.0 Å². The van der Waals surface area contributed by atoms with Gasteiger partial charge in [-0.15, -0.1) is 0 Å². The zero-order chi connectivity index (χ0) is 38.0. The molecule has 1 saturated carbocycles. The van der Waals surface area contributed by atoms with E-state index in [1.807, 2.05) is 0 Å². The third-order valence-electron chi connectivity index (χ3n) is 13.7. The van der Waals surface area contributed by atoms with Crippen LogP contribution in [-0.2, 0) is 10.8 Å². The van der Waals surface area contributed by atoms with Crippen molar-refractivity contribution in [2.75, 3.05) is 10.2 Å². The van der Waals surface area contributed by atoms with Gasteiger partial charge in [-0.2, -0.15) is 0 Å². The van der Waals surface area contributed by atoms with Crippen molar-refractivity contribution in [2.45, 2.75) is 76.7 Å². The highest BCUT2D eigenvalue weighted by Gasteiger charge is 2.60. The van der Waals surface area contributed by atoms with Crippen LogP contribution in [0, 0.1) is 0 Å². The zero-order valence-corrected chi connectivity index (χ0v) is 33.0. The Morgan fingerprint density at radius 2 is 1.36 bits per heavy atom. The molecule has 11 rings (SSSR count). The monoisotopic (exact) mass is 725 g/mol. The van der Waals surface area contributed by atoms with Crippen LogP contribution in [0.5, 0.6) is 0 Å². The lowest BCUT2D eigenvalue weighted by molar-refractivity contribution is 0.195. The summed E-state index contributed by atoms with van der Waals surface area (Å²) in [4.78, 5) is 2.77. The van der Waals surface area contributed by atoms with E-state index in [1.165, 1.54) is 91.1 Å². The number of fused-ring (bicyclic) bond motifs is 10. The van der Waals surface area contributed by atoms with Gasteiger partial charge in [-0.1, -0.05) is 143 Å². The lowest BCUT2D eigenvalue weighted by Crippen LogP contribution is -2.57. The summed E-state index contributed by atoms with van der Waals surface area (Å²) in [6.45, 7) is 12.2. The molecule has 0 saturated heterocycles. The summed E-state index contributed by atoms with van der Waals surface area (Å²) in [7, 11) is 2.50. The molecule has 1 aromatic heterocycles. The molecule has 1 fully saturated rings. The number of hydrogen-bond donors (Lipinski definition) is 1. The van der Waals surface area contributed by atoms with Gasteiger partial charge in [0, 0.05) is 38.8 Å². The van der Waals surface area contributed by atoms with Crippen LogP contribution in [-0.4, -0.2) is 12.8 Å². The second-order valence-corrected chi connectivity index (χ2v) is 18.0. The number of hydrogen-bond acceptors (Lipinski definition) is 3. The Bertz CT molecular complexity index is 2880. The summed E-state index contributed by atoms with van der Waals surface area (Å²) in [5.41, 5.74) is 16.9. The summed E-state index contributed by atoms with van der Waals surface area (Å²) in [5, 5.41) is 8.67. The first kappa shape index (κ1) is 33.6. The second-order valence-electron chi connectivity index (χ2n) is 18.0. The number of nitrogens with one attached hydrogen (secondary N) is 1.